The van der Waals surface area contributed by atoms with Gasteiger partial charge in [-0.25, -0.2) is 4.21 Å². The number of hydrogen-bond acceptors (Lipinski definition) is 3. The van der Waals surface area contributed by atoms with E-state index in [9.17, 15) is 8.76 Å². The van der Waals surface area contributed by atoms with E-state index in [4.69, 9.17) is 0 Å². The summed E-state index contributed by atoms with van der Waals surface area (Å²) in [5.74, 6) is 2.75. The Morgan fingerprint density at radius 3 is 2.33 bits per heavy atom. The van der Waals surface area contributed by atoms with Gasteiger partial charge in [-0.3, -0.25) is 4.18 Å². The fraction of sp³-hybridized carbons (Fsp3) is 0.714. The van der Waals surface area contributed by atoms with Crippen LogP contribution in [0.15, 0.2) is 0 Å². The minimum Gasteiger partial charge on any atom is -0.750 e. The van der Waals surface area contributed by atoms with Crippen LogP contribution in [0.1, 0.15) is 6.92 Å². The van der Waals surface area contributed by atoms with Gasteiger partial charge in [0.25, 0.3) is 0 Å². The number of hydrogen-bond donors (Lipinski definition) is 0. The van der Waals surface area contributed by atoms with E-state index in [1.54, 1.807) is 6.92 Å². The minimum absolute atomic E-state index is 0.532. The van der Waals surface area contributed by atoms with E-state index in [1.165, 1.54) is 0 Å². The van der Waals surface area contributed by atoms with Crippen LogP contribution in [0.4, 0.5) is 0 Å². The van der Waals surface area contributed by atoms with E-state index < -0.39 is 25.5 Å². The van der Waals surface area contributed by atoms with Gasteiger partial charge in [0.2, 0.25) is 0 Å². The summed E-state index contributed by atoms with van der Waals surface area (Å²) < 4.78 is 24.5. The Labute approximate surface area is 77.0 Å². The quantitative estimate of drug-likeness (QED) is 0.385. The maximum atomic E-state index is 10.1. The molecule has 3 nitrogen and oxygen atoms in total. The van der Waals surface area contributed by atoms with Crippen molar-refractivity contribution in [1.82, 2.24) is 0 Å². The standard InChI is InChI=1S/C7H14O3SSi/c1-7(10-11(8)9)5-6-12(2,3)4/h7H,1-4H3,(H,8,9)/p-1. The van der Waals surface area contributed by atoms with Crippen LogP contribution in [-0.2, 0) is 15.5 Å². The van der Waals surface area contributed by atoms with E-state index >= 15 is 0 Å². The van der Waals surface area contributed by atoms with Gasteiger partial charge in [-0.2, -0.15) is 0 Å². The molecule has 0 bridgehead atoms. The molecule has 0 aliphatic carbocycles. The lowest BCUT2D eigenvalue weighted by Gasteiger charge is -2.09. The third kappa shape index (κ3) is 7.95. The monoisotopic (exact) mass is 205 g/mol. The van der Waals surface area contributed by atoms with Crippen molar-refractivity contribution >= 4 is 19.4 Å². The molecule has 2 unspecified atom stereocenters. The highest BCUT2D eigenvalue weighted by atomic mass is 32.2. The molecule has 5 heteroatoms. The fourth-order valence-corrected chi connectivity index (χ4v) is 1.38. The average Bonchev–Trinajstić information content (AvgIpc) is 1.80. The largest absolute Gasteiger partial charge is 0.750 e. The lowest BCUT2D eigenvalue weighted by Crippen LogP contribution is -2.18. The lowest BCUT2D eigenvalue weighted by molar-refractivity contribution is 0.269. The molecule has 0 N–H and O–H groups in total. The second kappa shape index (κ2) is 4.77. The molecule has 0 aromatic heterocycles. The van der Waals surface area contributed by atoms with Gasteiger partial charge in [0.15, 0.2) is 0 Å². The van der Waals surface area contributed by atoms with Gasteiger partial charge in [0.05, 0.1) is 11.4 Å². The predicted molar refractivity (Wildman–Crippen MR) is 50.6 cm³/mol. The predicted octanol–water partition coefficient (Wildman–Crippen LogP) is 1.07. The van der Waals surface area contributed by atoms with Crippen molar-refractivity contribution in [3.8, 4) is 11.5 Å². The summed E-state index contributed by atoms with van der Waals surface area (Å²) >= 11 is -2.46. The Bertz CT molecular complexity index is 223. The van der Waals surface area contributed by atoms with E-state index in [0.717, 1.165) is 0 Å². The van der Waals surface area contributed by atoms with E-state index in [-0.39, 0.29) is 0 Å². The molecule has 0 fully saturated rings. The summed E-state index contributed by atoms with van der Waals surface area (Å²) in [5.41, 5.74) is 3.02. The number of rotatable bonds is 2. The molecule has 0 aromatic rings. The van der Waals surface area contributed by atoms with Gasteiger partial charge in [0.1, 0.15) is 14.2 Å². The summed E-state index contributed by atoms with van der Waals surface area (Å²) in [7, 11) is -1.41. The van der Waals surface area contributed by atoms with Crippen LogP contribution < -0.4 is 0 Å². The lowest BCUT2D eigenvalue weighted by atomic mass is 10.4. The summed E-state index contributed by atoms with van der Waals surface area (Å²) in [6, 6.07) is 0. The zero-order chi connectivity index (χ0) is 9.78. The van der Waals surface area contributed by atoms with Gasteiger partial charge in [-0.05, 0) is 6.92 Å². The van der Waals surface area contributed by atoms with Crippen LogP contribution in [0, 0.1) is 11.5 Å². The van der Waals surface area contributed by atoms with Crippen molar-refractivity contribution in [1.29, 1.82) is 0 Å². The highest BCUT2D eigenvalue weighted by Crippen LogP contribution is 1.98. The van der Waals surface area contributed by atoms with Crippen molar-refractivity contribution in [3.63, 3.8) is 0 Å². The third-order valence-corrected chi connectivity index (χ3v) is 2.21. The fourth-order valence-electron chi connectivity index (χ4n) is 0.460. The highest BCUT2D eigenvalue weighted by molar-refractivity contribution is 7.74. The van der Waals surface area contributed by atoms with Crippen molar-refractivity contribution in [3.05, 3.63) is 0 Å². The molecule has 0 heterocycles. The third-order valence-electron chi connectivity index (χ3n) is 0.873. The Morgan fingerprint density at radius 2 is 2.00 bits per heavy atom. The van der Waals surface area contributed by atoms with Gasteiger partial charge < -0.3 is 4.55 Å². The molecule has 12 heavy (non-hydrogen) atoms. The normalized spacial score (nSPS) is 16.1. The van der Waals surface area contributed by atoms with Crippen LogP contribution in [0.5, 0.6) is 0 Å². The Kier molecular flexibility index (Phi) is 4.71. The summed E-state index contributed by atoms with van der Waals surface area (Å²) in [4.78, 5) is 0. The topological polar surface area (TPSA) is 49.4 Å². The van der Waals surface area contributed by atoms with Crippen LogP contribution in [0.2, 0.25) is 19.6 Å². The van der Waals surface area contributed by atoms with Crippen LogP contribution in [0.3, 0.4) is 0 Å². The zero-order valence-corrected chi connectivity index (χ0v) is 9.53. The van der Waals surface area contributed by atoms with Gasteiger partial charge in [-0.15, -0.1) is 5.54 Å². The smallest absolute Gasteiger partial charge is 0.130 e. The van der Waals surface area contributed by atoms with E-state index in [0.29, 0.717) is 0 Å². The zero-order valence-electron chi connectivity index (χ0n) is 7.71. The second-order valence-corrected chi connectivity index (χ2v) is 8.81. The molecule has 0 rings (SSSR count). The molecular formula is C7H13O3SSi-. The molecule has 0 aliphatic rings. The maximum Gasteiger partial charge on any atom is 0.130 e. The van der Waals surface area contributed by atoms with Gasteiger partial charge in [0, 0.05) is 0 Å². The first kappa shape index (κ1) is 11.8. The first-order chi connectivity index (χ1) is 5.31. The molecule has 0 radical (unpaired) electrons. The molecule has 0 aromatic carbocycles. The van der Waals surface area contributed by atoms with Gasteiger partial charge in [-0.1, -0.05) is 25.6 Å². The maximum absolute atomic E-state index is 10.1. The molecular weight excluding hydrogens is 192 g/mol. The minimum atomic E-state index is -2.46. The Hall–Kier alpha value is -0.153. The van der Waals surface area contributed by atoms with Crippen molar-refractivity contribution < 1.29 is 12.9 Å². The average molecular weight is 205 g/mol. The SMILES string of the molecule is CC(C#C[Si](C)(C)C)OS(=O)[O-]. The van der Waals surface area contributed by atoms with Gasteiger partial charge >= 0.3 is 0 Å². The molecule has 0 aliphatic heterocycles. The molecule has 2 atom stereocenters. The molecule has 0 saturated heterocycles. The first-order valence-corrected chi connectivity index (χ1v) is 8.10. The molecule has 0 amide bonds. The molecule has 0 saturated carbocycles. The summed E-state index contributed by atoms with van der Waals surface area (Å²) in [6.07, 6.45) is -0.532. The first-order valence-electron chi connectivity index (χ1n) is 3.60. The molecule has 0 spiro atoms. The summed E-state index contributed by atoms with van der Waals surface area (Å²) in [6.45, 7) is 7.87. The second-order valence-electron chi connectivity index (χ2n) is 3.46. The highest BCUT2D eigenvalue weighted by Gasteiger charge is 2.08. The Morgan fingerprint density at radius 1 is 1.50 bits per heavy atom. The van der Waals surface area contributed by atoms with Crippen molar-refractivity contribution in [2.45, 2.75) is 32.7 Å². The van der Waals surface area contributed by atoms with Crippen LogP contribution in [-0.4, -0.2) is 22.9 Å². The van der Waals surface area contributed by atoms with E-state index in [2.05, 4.69) is 35.3 Å². The Balaban J connectivity index is 4.04. The van der Waals surface area contributed by atoms with E-state index in [1.807, 2.05) is 0 Å². The van der Waals surface area contributed by atoms with Crippen LogP contribution >= 0.6 is 0 Å². The van der Waals surface area contributed by atoms with Crippen molar-refractivity contribution in [2.24, 2.45) is 0 Å². The van der Waals surface area contributed by atoms with Crippen molar-refractivity contribution in [2.75, 3.05) is 0 Å². The molecule has 70 valence electrons. The van der Waals surface area contributed by atoms with Crippen LogP contribution in [0.25, 0.3) is 0 Å². The summed E-state index contributed by atoms with van der Waals surface area (Å²) in [5, 5.41) is 0.